The molecule has 112 valence electrons. The molecular formula is C14H14Br2N2O2S. The third kappa shape index (κ3) is 4.06. The van der Waals surface area contributed by atoms with E-state index >= 15 is 0 Å². The van der Waals surface area contributed by atoms with Crippen molar-refractivity contribution in [1.29, 1.82) is 0 Å². The van der Waals surface area contributed by atoms with Gasteiger partial charge in [0, 0.05) is 15.0 Å². The van der Waals surface area contributed by atoms with Gasteiger partial charge in [0.25, 0.3) is 0 Å². The Kier molecular flexibility index (Phi) is 5.08. The van der Waals surface area contributed by atoms with Crippen LogP contribution in [0.2, 0.25) is 0 Å². The lowest BCUT2D eigenvalue weighted by Crippen LogP contribution is -2.27. The van der Waals surface area contributed by atoms with E-state index in [0.717, 1.165) is 10.0 Å². The van der Waals surface area contributed by atoms with Crippen LogP contribution in [0.3, 0.4) is 0 Å². The van der Waals surface area contributed by atoms with E-state index in [4.69, 9.17) is 5.73 Å². The average molecular weight is 434 g/mol. The molecule has 0 amide bonds. The Morgan fingerprint density at radius 3 is 2.24 bits per heavy atom. The van der Waals surface area contributed by atoms with Crippen molar-refractivity contribution in [3.05, 3.63) is 57.0 Å². The Morgan fingerprint density at radius 2 is 1.62 bits per heavy atom. The van der Waals surface area contributed by atoms with Crippen LogP contribution in [-0.4, -0.2) is 8.42 Å². The Labute approximate surface area is 141 Å². The highest BCUT2D eigenvalue weighted by Crippen LogP contribution is 2.25. The highest BCUT2D eigenvalue weighted by molar-refractivity contribution is 9.10. The second-order valence-electron chi connectivity index (χ2n) is 4.58. The van der Waals surface area contributed by atoms with Crippen LogP contribution in [0.15, 0.2) is 56.3 Å². The van der Waals surface area contributed by atoms with Crippen LogP contribution in [0, 0.1) is 0 Å². The van der Waals surface area contributed by atoms with Gasteiger partial charge in [0.1, 0.15) is 4.90 Å². The molecule has 1 unspecified atom stereocenters. The van der Waals surface area contributed by atoms with Crippen molar-refractivity contribution < 1.29 is 8.42 Å². The molecule has 0 bridgehead atoms. The summed E-state index contributed by atoms with van der Waals surface area (Å²) >= 11 is 6.60. The molecule has 0 aromatic heterocycles. The first-order chi connectivity index (χ1) is 9.79. The third-order valence-electron chi connectivity index (χ3n) is 2.97. The maximum absolute atomic E-state index is 12.4. The van der Waals surface area contributed by atoms with E-state index in [-0.39, 0.29) is 16.6 Å². The van der Waals surface area contributed by atoms with Crippen molar-refractivity contribution >= 4 is 47.6 Å². The number of hydrogen-bond acceptors (Lipinski definition) is 3. The fourth-order valence-corrected chi connectivity index (χ4v) is 4.02. The van der Waals surface area contributed by atoms with E-state index < -0.39 is 10.0 Å². The lowest BCUT2D eigenvalue weighted by Gasteiger charge is -2.16. The van der Waals surface area contributed by atoms with E-state index in [1.54, 1.807) is 19.1 Å². The fourth-order valence-electron chi connectivity index (χ4n) is 1.86. The van der Waals surface area contributed by atoms with Crippen LogP contribution >= 0.6 is 31.9 Å². The Hall–Kier alpha value is -0.890. The second kappa shape index (κ2) is 6.48. The minimum absolute atomic E-state index is 0.0702. The smallest absolute Gasteiger partial charge is 0.243 e. The highest BCUT2D eigenvalue weighted by Gasteiger charge is 2.21. The standard InChI is InChI=1S/C14H14Br2N2O2S/c1-9(10-2-4-11(15)5-3-10)18-21(19,20)14-8-12(16)6-7-13(14)17/h2-9,18H,17H2,1H3. The predicted octanol–water partition coefficient (Wildman–Crippen LogP) is 3.83. The quantitative estimate of drug-likeness (QED) is 0.719. The molecule has 21 heavy (non-hydrogen) atoms. The number of hydrogen-bond donors (Lipinski definition) is 2. The predicted molar refractivity (Wildman–Crippen MR) is 91.4 cm³/mol. The Bertz CT molecular complexity index is 746. The van der Waals surface area contributed by atoms with Gasteiger partial charge in [-0.25, -0.2) is 13.1 Å². The molecule has 0 aliphatic carbocycles. The van der Waals surface area contributed by atoms with E-state index in [9.17, 15) is 8.42 Å². The molecule has 4 nitrogen and oxygen atoms in total. The summed E-state index contributed by atoms with van der Waals surface area (Å²) in [5.74, 6) is 0. The van der Waals surface area contributed by atoms with Crippen molar-refractivity contribution in [1.82, 2.24) is 4.72 Å². The van der Waals surface area contributed by atoms with Crippen LogP contribution in [0.5, 0.6) is 0 Å². The summed E-state index contributed by atoms with van der Waals surface area (Å²) in [6.45, 7) is 1.79. The number of nitrogen functional groups attached to an aromatic ring is 1. The lowest BCUT2D eigenvalue weighted by atomic mass is 10.1. The monoisotopic (exact) mass is 432 g/mol. The van der Waals surface area contributed by atoms with Gasteiger partial charge in [-0.2, -0.15) is 0 Å². The van der Waals surface area contributed by atoms with Gasteiger partial charge in [-0.1, -0.05) is 44.0 Å². The molecule has 0 fully saturated rings. The molecule has 0 heterocycles. The van der Waals surface area contributed by atoms with Crippen molar-refractivity contribution in [3.63, 3.8) is 0 Å². The number of benzene rings is 2. The molecule has 0 aliphatic heterocycles. The fraction of sp³-hybridized carbons (Fsp3) is 0.143. The summed E-state index contributed by atoms with van der Waals surface area (Å²) < 4.78 is 29.1. The summed E-state index contributed by atoms with van der Waals surface area (Å²) in [7, 11) is -3.69. The summed E-state index contributed by atoms with van der Waals surface area (Å²) in [5, 5.41) is 0. The molecule has 7 heteroatoms. The minimum atomic E-state index is -3.69. The largest absolute Gasteiger partial charge is 0.398 e. The first kappa shape index (κ1) is 16.5. The number of sulfonamides is 1. The number of nitrogens with one attached hydrogen (secondary N) is 1. The minimum Gasteiger partial charge on any atom is -0.398 e. The molecule has 0 aliphatic rings. The summed E-state index contributed by atoms with van der Waals surface area (Å²) in [6, 6.07) is 11.9. The Balaban J connectivity index is 2.28. The van der Waals surface area contributed by atoms with Crippen LogP contribution < -0.4 is 10.5 Å². The van der Waals surface area contributed by atoms with Gasteiger partial charge in [-0.15, -0.1) is 0 Å². The summed E-state index contributed by atoms with van der Waals surface area (Å²) in [4.78, 5) is 0.0702. The van der Waals surface area contributed by atoms with Gasteiger partial charge in [0.05, 0.1) is 5.69 Å². The van der Waals surface area contributed by atoms with Gasteiger partial charge < -0.3 is 5.73 Å². The summed E-state index contributed by atoms with van der Waals surface area (Å²) in [5.41, 5.74) is 6.85. The first-order valence-electron chi connectivity index (χ1n) is 6.12. The van der Waals surface area contributed by atoms with E-state index in [1.165, 1.54) is 6.07 Å². The topological polar surface area (TPSA) is 72.2 Å². The maximum Gasteiger partial charge on any atom is 0.243 e. The molecule has 2 rings (SSSR count). The Morgan fingerprint density at radius 1 is 1.05 bits per heavy atom. The number of anilines is 1. The van der Waals surface area contributed by atoms with E-state index in [2.05, 4.69) is 36.6 Å². The van der Waals surface area contributed by atoms with Gasteiger partial charge in [-0.05, 0) is 42.8 Å². The van der Waals surface area contributed by atoms with Crippen LogP contribution in [0.4, 0.5) is 5.69 Å². The second-order valence-corrected chi connectivity index (χ2v) is 8.09. The van der Waals surface area contributed by atoms with Crippen molar-refractivity contribution in [3.8, 4) is 0 Å². The molecule has 2 aromatic rings. The van der Waals surface area contributed by atoms with Gasteiger partial charge in [0.2, 0.25) is 10.0 Å². The molecule has 0 spiro atoms. The zero-order chi connectivity index (χ0) is 15.6. The highest BCUT2D eigenvalue weighted by atomic mass is 79.9. The maximum atomic E-state index is 12.4. The molecule has 0 saturated heterocycles. The van der Waals surface area contributed by atoms with Crippen LogP contribution in [0.25, 0.3) is 0 Å². The molecule has 3 N–H and O–H groups in total. The molecule has 0 saturated carbocycles. The summed E-state index contributed by atoms with van der Waals surface area (Å²) in [6.07, 6.45) is 0. The van der Waals surface area contributed by atoms with Crippen LogP contribution in [-0.2, 0) is 10.0 Å². The zero-order valence-electron chi connectivity index (χ0n) is 11.2. The number of rotatable bonds is 4. The van der Waals surface area contributed by atoms with Crippen LogP contribution in [0.1, 0.15) is 18.5 Å². The SMILES string of the molecule is CC(NS(=O)(=O)c1cc(Br)ccc1N)c1ccc(Br)cc1. The third-order valence-corrected chi connectivity index (χ3v) is 5.59. The van der Waals surface area contributed by atoms with Crippen molar-refractivity contribution in [2.24, 2.45) is 0 Å². The molecule has 0 radical (unpaired) electrons. The van der Waals surface area contributed by atoms with Gasteiger partial charge >= 0.3 is 0 Å². The zero-order valence-corrected chi connectivity index (χ0v) is 15.2. The molecular weight excluding hydrogens is 420 g/mol. The number of halogens is 2. The normalized spacial score (nSPS) is 13.1. The van der Waals surface area contributed by atoms with Gasteiger partial charge in [-0.3, -0.25) is 0 Å². The molecule has 1 atom stereocenters. The lowest BCUT2D eigenvalue weighted by molar-refractivity contribution is 0.567. The average Bonchev–Trinajstić information content (AvgIpc) is 2.41. The first-order valence-corrected chi connectivity index (χ1v) is 9.19. The van der Waals surface area contributed by atoms with Crippen molar-refractivity contribution in [2.75, 3.05) is 5.73 Å². The van der Waals surface area contributed by atoms with Gasteiger partial charge in [0.15, 0.2) is 0 Å². The van der Waals surface area contributed by atoms with E-state index in [0.29, 0.717) is 4.47 Å². The number of nitrogens with two attached hydrogens (primary N) is 1. The van der Waals surface area contributed by atoms with Crippen molar-refractivity contribution in [2.45, 2.75) is 17.9 Å². The molecule has 2 aromatic carbocycles. The van der Waals surface area contributed by atoms with E-state index in [1.807, 2.05) is 24.3 Å².